The number of carbonyl (C=O) groups is 1. The molecule has 0 bridgehead atoms. The third-order valence-corrected chi connectivity index (χ3v) is 4.50. The molecule has 0 fully saturated rings. The molecule has 1 amide bonds. The standard InChI is InChI=1S/C18H11F5N2OS/c19-14-6-5-12(7-15(14)20)24-16(26)8-13-9-27-17(25-13)10-1-3-11(4-2-10)18(21,22)23/h1-7,9H,8H2,(H,24,26). The van der Waals surface area contributed by atoms with Crippen molar-refractivity contribution in [2.24, 2.45) is 0 Å². The summed E-state index contributed by atoms with van der Waals surface area (Å²) in [4.78, 5) is 16.2. The quantitative estimate of drug-likeness (QED) is 0.607. The number of benzene rings is 2. The Balaban J connectivity index is 1.66. The molecular formula is C18H11F5N2OS. The van der Waals surface area contributed by atoms with E-state index in [-0.39, 0.29) is 12.1 Å². The Morgan fingerprint density at radius 1 is 1.04 bits per heavy atom. The minimum absolute atomic E-state index is 0.108. The molecule has 9 heteroatoms. The minimum Gasteiger partial charge on any atom is -0.326 e. The van der Waals surface area contributed by atoms with Crippen LogP contribution in [0.2, 0.25) is 0 Å². The van der Waals surface area contributed by atoms with Gasteiger partial charge in [-0.2, -0.15) is 13.2 Å². The molecule has 0 saturated heterocycles. The molecule has 0 unspecified atom stereocenters. The summed E-state index contributed by atoms with van der Waals surface area (Å²) in [7, 11) is 0. The van der Waals surface area contributed by atoms with Gasteiger partial charge in [-0.25, -0.2) is 13.8 Å². The molecule has 3 rings (SSSR count). The topological polar surface area (TPSA) is 42.0 Å². The van der Waals surface area contributed by atoms with Gasteiger partial charge in [-0.1, -0.05) is 12.1 Å². The summed E-state index contributed by atoms with van der Waals surface area (Å²) < 4.78 is 63.8. The molecule has 3 nitrogen and oxygen atoms in total. The number of hydrogen-bond donors (Lipinski definition) is 1. The molecule has 1 aromatic heterocycles. The maximum Gasteiger partial charge on any atom is 0.416 e. The fourth-order valence-electron chi connectivity index (χ4n) is 2.27. The highest BCUT2D eigenvalue weighted by atomic mass is 32.1. The van der Waals surface area contributed by atoms with Crippen LogP contribution < -0.4 is 5.32 Å². The van der Waals surface area contributed by atoms with Crippen LogP contribution in [-0.4, -0.2) is 10.9 Å². The number of aromatic nitrogens is 1. The number of hydrogen-bond acceptors (Lipinski definition) is 3. The monoisotopic (exact) mass is 398 g/mol. The molecule has 0 atom stereocenters. The van der Waals surface area contributed by atoms with Gasteiger partial charge in [0, 0.05) is 22.7 Å². The van der Waals surface area contributed by atoms with Crippen molar-refractivity contribution in [3.8, 4) is 10.6 Å². The Bertz CT molecular complexity index is 967. The minimum atomic E-state index is -4.41. The Kier molecular flexibility index (Phi) is 5.22. The average molecular weight is 398 g/mol. The van der Waals surface area contributed by atoms with Crippen LogP contribution in [0.5, 0.6) is 0 Å². The average Bonchev–Trinajstić information content (AvgIpc) is 3.06. The molecule has 3 aromatic rings. The van der Waals surface area contributed by atoms with E-state index in [1.54, 1.807) is 5.38 Å². The van der Waals surface area contributed by atoms with Gasteiger partial charge in [0.25, 0.3) is 0 Å². The third-order valence-electron chi connectivity index (χ3n) is 3.56. The predicted octanol–water partition coefficient (Wildman–Crippen LogP) is 5.29. The molecule has 0 saturated carbocycles. The van der Waals surface area contributed by atoms with Gasteiger partial charge < -0.3 is 5.32 Å². The lowest BCUT2D eigenvalue weighted by molar-refractivity contribution is -0.137. The van der Waals surface area contributed by atoms with Gasteiger partial charge in [0.1, 0.15) is 5.01 Å². The first kappa shape index (κ1) is 19.0. The molecule has 1 N–H and O–H groups in total. The van der Waals surface area contributed by atoms with Gasteiger partial charge in [-0.15, -0.1) is 11.3 Å². The lowest BCUT2D eigenvalue weighted by atomic mass is 10.1. The van der Waals surface area contributed by atoms with E-state index in [9.17, 15) is 26.7 Å². The summed E-state index contributed by atoms with van der Waals surface area (Å²) in [6, 6.07) is 7.54. The number of thiazole rings is 1. The van der Waals surface area contributed by atoms with Crippen molar-refractivity contribution in [1.29, 1.82) is 0 Å². The number of amides is 1. The molecule has 0 aliphatic rings. The van der Waals surface area contributed by atoms with E-state index >= 15 is 0 Å². The number of halogens is 5. The molecule has 0 radical (unpaired) electrons. The predicted molar refractivity (Wildman–Crippen MR) is 91.2 cm³/mol. The van der Waals surface area contributed by atoms with Gasteiger partial charge in [0.15, 0.2) is 11.6 Å². The lowest BCUT2D eigenvalue weighted by Crippen LogP contribution is -2.14. The highest BCUT2D eigenvalue weighted by molar-refractivity contribution is 7.13. The van der Waals surface area contributed by atoms with Gasteiger partial charge in [-0.3, -0.25) is 4.79 Å². The number of alkyl halides is 3. The summed E-state index contributed by atoms with van der Waals surface area (Å²) in [6.07, 6.45) is -4.53. The first-order chi connectivity index (χ1) is 12.7. The highest BCUT2D eigenvalue weighted by Crippen LogP contribution is 2.31. The smallest absolute Gasteiger partial charge is 0.326 e. The molecule has 27 heavy (non-hydrogen) atoms. The number of carbonyl (C=O) groups excluding carboxylic acids is 1. The van der Waals surface area contributed by atoms with E-state index in [0.29, 0.717) is 16.3 Å². The number of nitrogens with zero attached hydrogens (tertiary/aromatic N) is 1. The van der Waals surface area contributed by atoms with Crippen molar-refractivity contribution < 1.29 is 26.7 Å². The molecule has 0 aliphatic carbocycles. The zero-order chi connectivity index (χ0) is 19.6. The third kappa shape index (κ3) is 4.68. The molecule has 1 heterocycles. The summed E-state index contributed by atoms with van der Waals surface area (Å²) in [6.45, 7) is 0. The Morgan fingerprint density at radius 3 is 2.37 bits per heavy atom. The van der Waals surface area contributed by atoms with Crippen LogP contribution in [0.3, 0.4) is 0 Å². The van der Waals surface area contributed by atoms with Crippen molar-refractivity contribution in [3.63, 3.8) is 0 Å². The van der Waals surface area contributed by atoms with Crippen LogP contribution >= 0.6 is 11.3 Å². The first-order valence-electron chi connectivity index (χ1n) is 7.59. The summed E-state index contributed by atoms with van der Waals surface area (Å²) >= 11 is 1.19. The van der Waals surface area contributed by atoms with Crippen molar-refractivity contribution in [1.82, 2.24) is 4.98 Å². The zero-order valence-corrected chi connectivity index (χ0v) is 14.3. The van der Waals surface area contributed by atoms with Gasteiger partial charge in [0.05, 0.1) is 17.7 Å². The first-order valence-corrected chi connectivity index (χ1v) is 8.47. The van der Waals surface area contributed by atoms with Crippen LogP contribution in [0.15, 0.2) is 47.8 Å². The van der Waals surface area contributed by atoms with E-state index in [4.69, 9.17) is 0 Å². The second-order valence-corrected chi connectivity index (χ2v) is 6.43. The second kappa shape index (κ2) is 7.43. The number of anilines is 1. The van der Waals surface area contributed by atoms with Crippen LogP contribution in [0, 0.1) is 11.6 Å². The SMILES string of the molecule is O=C(Cc1csc(-c2ccc(C(F)(F)F)cc2)n1)Nc1ccc(F)c(F)c1. The Hall–Kier alpha value is -2.81. The van der Waals surface area contributed by atoms with Crippen LogP contribution in [0.4, 0.5) is 27.6 Å². The fourth-order valence-corrected chi connectivity index (χ4v) is 3.09. The van der Waals surface area contributed by atoms with Crippen LogP contribution in [0.25, 0.3) is 10.6 Å². The highest BCUT2D eigenvalue weighted by Gasteiger charge is 2.30. The van der Waals surface area contributed by atoms with Gasteiger partial charge in [0.2, 0.25) is 5.91 Å². The van der Waals surface area contributed by atoms with Crippen LogP contribution in [0.1, 0.15) is 11.3 Å². The Morgan fingerprint density at radius 2 is 1.74 bits per heavy atom. The van der Waals surface area contributed by atoms with E-state index in [2.05, 4.69) is 10.3 Å². The van der Waals surface area contributed by atoms with Crippen LogP contribution in [-0.2, 0) is 17.4 Å². The zero-order valence-electron chi connectivity index (χ0n) is 13.5. The molecule has 0 aliphatic heterocycles. The maximum absolute atomic E-state index is 13.1. The van der Waals surface area contributed by atoms with E-state index in [1.165, 1.54) is 29.5 Å². The molecule has 140 valence electrons. The number of nitrogens with one attached hydrogen (secondary N) is 1. The normalized spacial score (nSPS) is 11.4. The maximum atomic E-state index is 13.1. The lowest BCUT2D eigenvalue weighted by Gasteiger charge is -2.06. The van der Waals surface area contributed by atoms with E-state index in [0.717, 1.165) is 24.3 Å². The summed E-state index contributed by atoms with van der Waals surface area (Å²) in [5, 5.41) is 4.51. The summed E-state index contributed by atoms with van der Waals surface area (Å²) in [5.74, 6) is -2.58. The molecule has 2 aromatic carbocycles. The van der Waals surface area contributed by atoms with Crippen molar-refractivity contribution in [2.75, 3.05) is 5.32 Å². The molecule has 0 spiro atoms. The molecular weight excluding hydrogens is 387 g/mol. The summed E-state index contributed by atoms with van der Waals surface area (Å²) in [5.41, 5.74) is 0.265. The van der Waals surface area contributed by atoms with Crippen molar-refractivity contribution in [3.05, 3.63) is 70.7 Å². The van der Waals surface area contributed by atoms with Gasteiger partial charge in [-0.05, 0) is 24.3 Å². The Labute approximate surface area is 154 Å². The van der Waals surface area contributed by atoms with Crippen molar-refractivity contribution >= 4 is 22.9 Å². The van der Waals surface area contributed by atoms with Crippen molar-refractivity contribution in [2.45, 2.75) is 12.6 Å². The number of rotatable bonds is 4. The second-order valence-electron chi connectivity index (χ2n) is 5.57. The van der Waals surface area contributed by atoms with E-state index in [1.807, 2.05) is 0 Å². The van der Waals surface area contributed by atoms with Gasteiger partial charge >= 0.3 is 6.18 Å². The largest absolute Gasteiger partial charge is 0.416 e. The fraction of sp³-hybridized carbons (Fsp3) is 0.111. The van der Waals surface area contributed by atoms with E-state index < -0.39 is 29.3 Å².